The minimum atomic E-state index is -0.483. The summed E-state index contributed by atoms with van der Waals surface area (Å²) in [6.45, 7) is 1.91. The maximum Gasteiger partial charge on any atom is 0.363 e. The number of allylic oxidation sites excluding steroid dienone is 2. The van der Waals surface area contributed by atoms with Gasteiger partial charge in [-0.2, -0.15) is 0 Å². The lowest BCUT2D eigenvalue weighted by molar-refractivity contribution is -0.130. The molecule has 22 heavy (non-hydrogen) atoms. The highest BCUT2D eigenvalue weighted by Gasteiger charge is 2.26. The third-order valence-electron chi connectivity index (χ3n) is 2.96. The van der Waals surface area contributed by atoms with Gasteiger partial charge in [0, 0.05) is 0 Å². The third kappa shape index (κ3) is 3.26. The molecule has 0 fully saturated rings. The fraction of sp³-hybridized carbons (Fsp3) is 0.0588. The van der Waals surface area contributed by atoms with Crippen molar-refractivity contribution in [3.8, 4) is 0 Å². The molecule has 0 atom stereocenters. The van der Waals surface area contributed by atoms with Crippen LogP contribution in [0.25, 0.3) is 6.08 Å². The molecule has 0 unspecified atom stereocenters. The number of rotatable bonds is 3. The Morgan fingerprint density at radius 2 is 1.95 bits per heavy atom. The van der Waals surface area contributed by atoms with Crippen molar-refractivity contribution in [2.24, 2.45) is 4.99 Å². The highest BCUT2D eigenvalue weighted by atomic mass is 79.9. The van der Waals surface area contributed by atoms with Gasteiger partial charge in [0.1, 0.15) is 0 Å². The number of nitrogens with zero attached hydrogens (tertiary/aromatic N) is 1. The van der Waals surface area contributed by atoms with E-state index in [2.05, 4.69) is 20.9 Å². The van der Waals surface area contributed by atoms with Crippen LogP contribution >= 0.6 is 15.9 Å². The number of carbonyl (C=O) groups is 1. The molecular weight excluding hydrogens is 346 g/mol. The second kappa shape index (κ2) is 6.15. The van der Waals surface area contributed by atoms with Crippen LogP contribution < -0.4 is 0 Å². The predicted octanol–water partition coefficient (Wildman–Crippen LogP) is 4.33. The lowest BCUT2D eigenvalue weighted by atomic mass is 10.1. The van der Waals surface area contributed by atoms with Gasteiger partial charge >= 0.3 is 5.97 Å². The van der Waals surface area contributed by atoms with Crippen molar-refractivity contribution < 1.29 is 13.9 Å². The Bertz CT molecular complexity index is 800. The van der Waals surface area contributed by atoms with Crippen molar-refractivity contribution in [1.82, 2.24) is 0 Å². The number of benzene rings is 1. The van der Waals surface area contributed by atoms with Gasteiger partial charge in [0.15, 0.2) is 16.1 Å². The zero-order chi connectivity index (χ0) is 15.5. The Hall–Kier alpha value is -2.40. The number of ether oxygens (including phenoxy) is 1. The SMILES string of the molecule is CC(=C/c1ccccc1)/C=C1/N=C(c2ccc(Br)o2)OC1=O. The first kappa shape index (κ1) is 14.5. The van der Waals surface area contributed by atoms with E-state index in [0.29, 0.717) is 10.4 Å². The van der Waals surface area contributed by atoms with E-state index in [1.165, 1.54) is 0 Å². The van der Waals surface area contributed by atoms with Crippen LogP contribution in [0.5, 0.6) is 0 Å². The molecule has 4 nitrogen and oxygen atoms in total. The first-order valence-electron chi connectivity index (χ1n) is 6.63. The van der Waals surface area contributed by atoms with Crippen LogP contribution in [0.1, 0.15) is 18.2 Å². The molecule has 1 aliphatic rings. The number of furan rings is 1. The second-order valence-corrected chi connectivity index (χ2v) is 5.52. The van der Waals surface area contributed by atoms with E-state index in [9.17, 15) is 4.79 Å². The summed E-state index contributed by atoms with van der Waals surface area (Å²) < 4.78 is 11.0. The van der Waals surface area contributed by atoms with Crippen LogP contribution in [0, 0.1) is 0 Å². The molecule has 1 aromatic carbocycles. The van der Waals surface area contributed by atoms with Crippen LogP contribution in [0.3, 0.4) is 0 Å². The Labute approximate surface area is 135 Å². The monoisotopic (exact) mass is 357 g/mol. The van der Waals surface area contributed by atoms with Gasteiger partial charge < -0.3 is 9.15 Å². The molecule has 0 bridgehead atoms. The molecule has 0 spiro atoms. The Morgan fingerprint density at radius 1 is 1.18 bits per heavy atom. The van der Waals surface area contributed by atoms with Crippen LogP contribution in [-0.2, 0) is 9.53 Å². The largest absolute Gasteiger partial charge is 0.444 e. The van der Waals surface area contributed by atoms with Crippen molar-refractivity contribution in [3.05, 3.63) is 75.8 Å². The minimum absolute atomic E-state index is 0.175. The summed E-state index contributed by atoms with van der Waals surface area (Å²) in [5.41, 5.74) is 2.22. The maximum absolute atomic E-state index is 11.9. The van der Waals surface area contributed by atoms with Crippen LogP contribution in [-0.4, -0.2) is 11.9 Å². The smallest absolute Gasteiger partial charge is 0.363 e. The molecule has 2 aromatic rings. The van der Waals surface area contributed by atoms with Crippen LogP contribution in [0.15, 0.2) is 73.9 Å². The molecule has 0 amide bonds. The fourth-order valence-electron chi connectivity index (χ4n) is 2.01. The number of esters is 1. The molecule has 0 saturated heterocycles. The lowest BCUT2D eigenvalue weighted by Crippen LogP contribution is -2.04. The van der Waals surface area contributed by atoms with E-state index in [1.807, 2.05) is 43.3 Å². The molecule has 2 heterocycles. The lowest BCUT2D eigenvalue weighted by Gasteiger charge is -1.95. The Kier molecular flexibility index (Phi) is 4.06. The predicted molar refractivity (Wildman–Crippen MR) is 87.2 cm³/mol. The number of aliphatic imine (C=N–C) groups is 1. The minimum Gasteiger partial charge on any atom is -0.444 e. The van der Waals surface area contributed by atoms with Gasteiger partial charge in [-0.1, -0.05) is 36.4 Å². The molecule has 5 heteroatoms. The summed E-state index contributed by atoms with van der Waals surface area (Å²) in [5.74, 6) is 0.103. The fourth-order valence-corrected chi connectivity index (χ4v) is 2.32. The Balaban J connectivity index is 1.86. The van der Waals surface area contributed by atoms with Crippen molar-refractivity contribution >= 4 is 33.9 Å². The molecular formula is C17H12BrNO3. The molecule has 110 valence electrons. The summed E-state index contributed by atoms with van der Waals surface area (Å²) >= 11 is 3.20. The van der Waals surface area contributed by atoms with Crippen molar-refractivity contribution in [3.63, 3.8) is 0 Å². The highest BCUT2D eigenvalue weighted by molar-refractivity contribution is 9.10. The summed E-state index contributed by atoms with van der Waals surface area (Å²) in [4.78, 5) is 16.1. The Morgan fingerprint density at radius 3 is 2.64 bits per heavy atom. The van der Waals surface area contributed by atoms with E-state index in [1.54, 1.807) is 18.2 Å². The molecule has 3 rings (SSSR count). The number of cyclic esters (lactones) is 1. The third-order valence-corrected chi connectivity index (χ3v) is 3.39. The zero-order valence-electron chi connectivity index (χ0n) is 11.7. The van der Waals surface area contributed by atoms with Crippen molar-refractivity contribution in [1.29, 1.82) is 0 Å². The van der Waals surface area contributed by atoms with Gasteiger partial charge in [0.05, 0.1) is 0 Å². The first-order chi connectivity index (χ1) is 10.6. The molecule has 1 aliphatic heterocycles. The van der Waals surface area contributed by atoms with Gasteiger partial charge in [-0.25, -0.2) is 9.79 Å². The van der Waals surface area contributed by atoms with Gasteiger partial charge in [-0.15, -0.1) is 0 Å². The van der Waals surface area contributed by atoms with Gasteiger partial charge in [0.25, 0.3) is 5.90 Å². The topological polar surface area (TPSA) is 51.8 Å². The summed E-state index contributed by atoms with van der Waals surface area (Å²) in [5, 5.41) is 0. The number of carbonyl (C=O) groups excluding carboxylic acids is 1. The normalized spacial score (nSPS) is 16.8. The molecule has 0 aliphatic carbocycles. The molecule has 0 saturated carbocycles. The average Bonchev–Trinajstić information content (AvgIpc) is 3.07. The summed E-state index contributed by atoms with van der Waals surface area (Å²) in [7, 11) is 0. The van der Waals surface area contributed by atoms with Crippen LogP contribution in [0.2, 0.25) is 0 Å². The number of hydrogen-bond acceptors (Lipinski definition) is 4. The van der Waals surface area contributed by atoms with E-state index in [0.717, 1.165) is 11.1 Å². The quantitative estimate of drug-likeness (QED) is 0.606. The van der Waals surface area contributed by atoms with E-state index >= 15 is 0 Å². The van der Waals surface area contributed by atoms with E-state index in [4.69, 9.17) is 9.15 Å². The first-order valence-corrected chi connectivity index (χ1v) is 7.43. The standard InChI is InChI=1S/C17H12BrNO3/c1-11(9-12-5-3-2-4-6-12)10-13-17(20)22-16(19-13)14-7-8-15(18)21-14/h2-10H,1H3/b11-9-,13-10+. The van der Waals surface area contributed by atoms with Crippen LogP contribution in [0.4, 0.5) is 0 Å². The zero-order valence-corrected chi connectivity index (χ0v) is 13.3. The molecule has 0 radical (unpaired) electrons. The van der Waals surface area contributed by atoms with Crippen molar-refractivity contribution in [2.45, 2.75) is 6.92 Å². The molecule has 1 aromatic heterocycles. The summed E-state index contributed by atoms with van der Waals surface area (Å²) in [6.07, 6.45) is 3.66. The molecule has 0 N–H and O–H groups in total. The number of halogens is 1. The van der Waals surface area contributed by atoms with Gasteiger partial charge in [0.2, 0.25) is 0 Å². The summed E-state index contributed by atoms with van der Waals surface area (Å²) in [6, 6.07) is 13.3. The van der Waals surface area contributed by atoms with Gasteiger partial charge in [-0.05, 0) is 52.2 Å². The maximum atomic E-state index is 11.9. The van der Waals surface area contributed by atoms with E-state index in [-0.39, 0.29) is 11.6 Å². The van der Waals surface area contributed by atoms with E-state index < -0.39 is 5.97 Å². The average molecular weight is 358 g/mol. The highest BCUT2D eigenvalue weighted by Crippen LogP contribution is 2.22. The second-order valence-electron chi connectivity index (χ2n) is 4.74. The van der Waals surface area contributed by atoms with Crippen molar-refractivity contribution in [2.75, 3.05) is 0 Å². The van der Waals surface area contributed by atoms with Gasteiger partial charge in [-0.3, -0.25) is 0 Å². The number of hydrogen-bond donors (Lipinski definition) is 0.